The van der Waals surface area contributed by atoms with E-state index in [0.717, 1.165) is 29.7 Å². The molecule has 3 heterocycles. The van der Waals surface area contributed by atoms with Gasteiger partial charge in [-0.1, -0.05) is 48.5 Å². The predicted octanol–water partition coefficient (Wildman–Crippen LogP) is 3.87. The highest BCUT2D eigenvalue weighted by Gasteiger charge is 2.35. The highest BCUT2D eigenvalue weighted by molar-refractivity contribution is 5.95. The fraction of sp³-hybridized carbons (Fsp3) is 0.286. The Hall–Kier alpha value is -4.04. The minimum absolute atomic E-state index is 0.0322. The van der Waals surface area contributed by atoms with E-state index in [1.165, 1.54) is 0 Å². The molecule has 1 aliphatic heterocycles. The molecule has 0 bridgehead atoms. The third-order valence-electron chi connectivity index (χ3n) is 7.16. The van der Waals surface area contributed by atoms with Crippen molar-refractivity contribution in [1.82, 2.24) is 19.5 Å². The SMILES string of the molecule is O=C(Nc1nc2cccc(-c3ccc(C(=O)N4CCC(O)(c5ccccc5)CC4)cc3)n2n1)C1CC1. The van der Waals surface area contributed by atoms with Crippen LogP contribution in [-0.4, -0.2) is 49.5 Å². The number of fused-ring (bicyclic) bond motifs is 1. The van der Waals surface area contributed by atoms with Crippen molar-refractivity contribution in [3.63, 3.8) is 0 Å². The molecule has 4 aromatic rings. The molecule has 6 rings (SSSR count). The Morgan fingerprint density at radius 1 is 0.917 bits per heavy atom. The average Bonchev–Trinajstić information content (AvgIpc) is 3.69. The molecule has 0 atom stereocenters. The summed E-state index contributed by atoms with van der Waals surface area (Å²) in [6, 6.07) is 22.8. The van der Waals surface area contributed by atoms with E-state index in [0.29, 0.717) is 43.1 Å². The van der Waals surface area contributed by atoms with Crippen molar-refractivity contribution in [3.05, 3.63) is 83.9 Å². The van der Waals surface area contributed by atoms with E-state index in [1.807, 2.05) is 72.8 Å². The highest BCUT2D eigenvalue weighted by atomic mass is 16.3. The maximum absolute atomic E-state index is 13.2. The Labute approximate surface area is 208 Å². The van der Waals surface area contributed by atoms with Crippen molar-refractivity contribution in [3.8, 4) is 11.3 Å². The number of hydrogen-bond acceptors (Lipinski definition) is 5. The third kappa shape index (κ3) is 4.24. The molecule has 36 heavy (non-hydrogen) atoms. The lowest BCUT2D eigenvalue weighted by atomic mass is 9.84. The van der Waals surface area contributed by atoms with Gasteiger partial charge in [-0.05, 0) is 55.5 Å². The zero-order valence-corrected chi connectivity index (χ0v) is 19.8. The van der Waals surface area contributed by atoms with Crippen molar-refractivity contribution < 1.29 is 14.7 Å². The maximum atomic E-state index is 13.2. The van der Waals surface area contributed by atoms with Crippen molar-refractivity contribution in [2.75, 3.05) is 18.4 Å². The van der Waals surface area contributed by atoms with Gasteiger partial charge in [-0.3, -0.25) is 14.9 Å². The van der Waals surface area contributed by atoms with Crippen LogP contribution in [0.3, 0.4) is 0 Å². The van der Waals surface area contributed by atoms with Crippen LogP contribution >= 0.6 is 0 Å². The Bertz CT molecular complexity index is 1420. The number of aromatic nitrogens is 3. The first-order chi connectivity index (χ1) is 17.5. The molecule has 2 aliphatic rings. The average molecular weight is 482 g/mol. The van der Waals surface area contributed by atoms with Gasteiger partial charge < -0.3 is 10.0 Å². The standard InChI is InChI=1S/C28H27N5O3/c34-25(20-11-12-20)30-27-29-24-8-4-7-23(33(24)31-27)19-9-13-21(14-10-19)26(35)32-17-15-28(36,16-18-32)22-5-2-1-3-6-22/h1-10,13-14,20,36H,11-12,15-18H2,(H,30,31,34). The van der Waals surface area contributed by atoms with Crippen LogP contribution in [0.25, 0.3) is 16.9 Å². The molecule has 2 aromatic heterocycles. The van der Waals surface area contributed by atoms with E-state index >= 15 is 0 Å². The summed E-state index contributed by atoms with van der Waals surface area (Å²) >= 11 is 0. The fourth-order valence-electron chi connectivity index (χ4n) is 4.82. The molecule has 8 heteroatoms. The lowest BCUT2D eigenvalue weighted by molar-refractivity contribution is -0.117. The summed E-state index contributed by atoms with van der Waals surface area (Å²) in [5.74, 6) is 0.302. The summed E-state index contributed by atoms with van der Waals surface area (Å²) in [5.41, 5.74) is 2.95. The maximum Gasteiger partial charge on any atom is 0.253 e. The summed E-state index contributed by atoms with van der Waals surface area (Å²) in [7, 11) is 0. The van der Waals surface area contributed by atoms with E-state index in [-0.39, 0.29) is 17.7 Å². The van der Waals surface area contributed by atoms with Crippen LogP contribution in [-0.2, 0) is 10.4 Å². The largest absolute Gasteiger partial charge is 0.385 e. The second kappa shape index (κ2) is 8.87. The van der Waals surface area contributed by atoms with Crippen molar-refractivity contribution in [1.29, 1.82) is 0 Å². The molecule has 0 radical (unpaired) electrons. The van der Waals surface area contributed by atoms with Crippen molar-refractivity contribution in [2.45, 2.75) is 31.3 Å². The Kier molecular flexibility index (Phi) is 5.53. The lowest BCUT2D eigenvalue weighted by Gasteiger charge is -2.38. The molecular weight excluding hydrogens is 454 g/mol. The van der Waals surface area contributed by atoms with Gasteiger partial charge in [-0.15, -0.1) is 5.10 Å². The number of piperidine rings is 1. The van der Waals surface area contributed by atoms with E-state index in [2.05, 4.69) is 15.4 Å². The minimum Gasteiger partial charge on any atom is -0.385 e. The highest BCUT2D eigenvalue weighted by Crippen LogP contribution is 2.33. The molecule has 8 nitrogen and oxygen atoms in total. The number of amides is 2. The van der Waals surface area contributed by atoms with Crippen molar-refractivity contribution >= 4 is 23.4 Å². The van der Waals surface area contributed by atoms with E-state index in [9.17, 15) is 14.7 Å². The number of rotatable bonds is 5. The van der Waals surface area contributed by atoms with Gasteiger partial charge in [-0.2, -0.15) is 4.98 Å². The topological polar surface area (TPSA) is 99.8 Å². The van der Waals surface area contributed by atoms with Gasteiger partial charge in [0.25, 0.3) is 5.91 Å². The quantitative estimate of drug-likeness (QED) is 0.451. The summed E-state index contributed by atoms with van der Waals surface area (Å²) < 4.78 is 1.70. The number of carbonyl (C=O) groups is 2. The number of benzene rings is 2. The van der Waals surface area contributed by atoms with Crippen molar-refractivity contribution in [2.24, 2.45) is 5.92 Å². The molecule has 0 unspecified atom stereocenters. The first kappa shape index (κ1) is 22.4. The number of likely N-dealkylation sites (tertiary alicyclic amines) is 1. The summed E-state index contributed by atoms with van der Waals surface area (Å²) in [4.78, 5) is 31.5. The van der Waals surface area contributed by atoms with E-state index < -0.39 is 5.60 Å². The van der Waals surface area contributed by atoms with E-state index in [4.69, 9.17) is 0 Å². The number of nitrogens with one attached hydrogen (secondary N) is 1. The second-order valence-corrected chi connectivity index (χ2v) is 9.65. The Morgan fingerprint density at radius 2 is 1.64 bits per heavy atom. The van der Waals surface area contributed by atoms with Crippen LogP contribution in [0.15, 0.2) is 72.8 Å². The van der Waals surface area contributed by atoms with Crippen LogP contribution in [0.1, 0.15) is 41.6 Å². The first-order valence-corrected chi connectivity index (χ1v) is 12.3. The molecule has 2 N–H and O–H groups in total. The number of hydrogen-bond donors (Lipinski definition) is 2. The molecule has 182 valence electrons. The normalized spacial score (nSPS) is 17.2. The van der Waals surface area contributed by atoms with Gasteiger partial charge in [0.2, 0.25) is 11.9 Å². The summed E-state index contributed by atoms with van der Waals surface area (Å²) in [6.45, 7) is 0.999. The number of nitrogens with zero attached hydrogens (tertiary/aromatic N) is 4. The van der Waals surface area contributed by atoms with Crippen LogP contribution in [0.5, 0.6) is 0 Å². The smallest absolute Gasteiger partial charge is 0.253 e. The van der Waals surface area contributed by atoms with Crippen LogP contribution in [0, 0.1) is 5.92 Å². The zero-order valence-electron chi connectivity index (χ0n) is 19.8. The predicted molar refractivity (Wildman–Crippen MR) is 135 cm³/mol. The van der Waals surface area contributed by atoms with Gasteiger partial charge in [0.1, 0.15) is 0 Å². The zero-order chi connectivity index (χ0) is 24.7. The molecule has 1 aliphatic carbocycles. The third-order valence-corrected chi connectivity index (χ3v) is 7.16. The van der Waals surface area contributed by atoms with Crippen LogP contribution < -0.4 is 5.32 Å². The lowest BCUT2D eigenvalue weighted by Crippen LogP contribution is -2.45. The Morgan fingerprint density at radius 3 is 2.33 bits per heavy atom. The number of anilines is 1. The number of pyridine rings is 1. The molecule has 2 aromatic carbocycles. The molecule has 2 fully saturated rings. The van der Waals surface area contributed by atoms with Gasteiger partial charge in [0.15, 0.2) is 5.65 Å². The fourth-order valence-corrected chi connectivity index (χ4v) is 4.82. The van der Waals surface area contributed by atoms with Gasteiger partial charge in [-0.25, -0.2) is 4.52 Å². The molecule has 1 saturated carbocycles. The summed E-state index contributed by atoms with van der Waals surface area (Å²) in [6.07, 6.45) is 2.85. The monoisotopic (exact) mass is 481 g/mol. The van der Waals surface area contributed by atoms with Crippen LogP contribution in [0.2, 0.25) is 0 Å². The number of carbonyl (C=O) groups excluding carboxylic acids is 2. The minimum atomic E-state index is -0.893. The second-order valence-electron chi connectivity index (χ2n) is 9.65. The Balaban J connectivity index is 1.17. The molecule has 2 amide bonds. The van der Waals surface area contributed by atoms with Crippen LogP contribution in [0.4, 0.5) is 5.95 Å². The summed E-state index contributed by atoms with van der Waals surface area (Å²) in [5, 5.41) is 18.3. The molecular formula is C28H27N5O3. The van der Waals surface area contributed by atoms with Gasteiger partial charge in [0.05, 0.1) is 11.3 Å². The molecule has 1 saturated heterocycles. The first-order valence-electron chi connectivity index (χ1n) is 12.3. The van der Waals surface area contributed by atoms with E-state index in [1.54, 1.807) is 9.42 Å². The molecule has 0 spiro atoms. The van der Waals surface area contributed by atoms with Gasteiger partial charge >= 0.3 is 0 Å². The van der Waals surface area contributed by atoms with Gasteiger partial charge in [0, 0.05) is 30.1 Å². The number of aliphatic hydroxyl groups is 1.